The lowest BCUT2D eigenvalue weighted by molar-refractivity contribution is -0.139. The van der Waals surface area contributed by atoms with E-state index in [1.807, 2.05) is 0 Å². The highest BCUT2D eigenvalue weighted by atomic mass is 19.3. The van der Waals surface area contributed by atoms with Crippen molar-refractivity contribution in [1.82, 2.24) is 4.98 Å². The highest BCUT2D eigenvalue weighted by Gasteiger charge is 2.21. The summed E-state index contributed by atoms with van der Waals surface area (Å²) in [4.78, 5) is 14.5. The molecular weight excluding hydrogens is 234 g/mol. The van der Waals surface area contributed by atoms with Crippen molar-refractivity contribution in [2.45, 2.75) is 19.4 Å². The third-order valence-electron chi connectivity index (χ3n) is 2.25. The molecule has 1 aromatic rings. The van der Waals surface area contributed by atoms with Crippen LogP contribution in [0.3, 0.4) is 0 Å². The molecule has 17 heavy (non-hydrogen) atoms. The van der Waals surface area contributed by atoms with E-state index in [0.29, 0.717) is 5.56 Å². The zero-order valence-corrected chi connectivity index (χ0v) is 9.11. The number of carbonyl (C=O) groups is 1. The van der Waals surface area contributed by atoms with E-state index in [1.165, 1.54) is 0 Å². The SMILES string of the molecule is COC(=O)Cc1c(CN)cnc(C(F)F)c1O. The number of aromatic hydroxyl groups is 1. The summed E-state index contributed by atoms with van der Waals surface area (Å²) in [5.41, 5.74) is 4.97. The van der Waals surface area contributed by atoms with Gasteiger partial charge in [-0.25, -0.2) is 8.78 Å². The first-order valence-electron chi connectivity index (χ1n) is 4.75. The minimum atomic E-state index is -2.92. The molecule has 0 atom stereocenters. The largest absolute Gasteiger partial charge is 0.505 e. The number of methoxy groups -OCH3 is 1. The van der Waals surface area contributed by atoms with Gasteiger partial charge < -0.3 is 15.6 Å². The minimum absolute atomic E-state index is 0.0175. The third kappa shape index (κ3) is 2.88. The Bertz CT molecular complexity index is 424. The Hall–Kier alpha value is -1.76. The second-order valence-corrected chi connectivity index (χ2v) is 3.25. The molecule has 0 saturated carbocycles. The van der Waals surface area contributed by atoms with E-state index in [-0.39, 0.29) is 18.5 Å². The Morgan fingerprint density at radius 2 is 2.29 bits per heavy atom. The predicted molar refractivity (Wildman–Crippen MR) is 54.5 cm³/mol. The molecule has 5 nitrogen and oxygen atoms in total. The molecule has 0 spiro atoms. The van der Waals surface area contributed by atoms with Crippen LogP contribution in [-0.4, -0.2) is 23.2 Å². The van der Waals surface area contributed by atoms with Gasteiger partial charge >= 0.3 is 5.97 Å². The van der Waals surface area contributed by atoms with Crippen molar-refractivity contribution in [3.63, 3.8) is 0 Å². The Balaban J connectivity index is 3.22. The molecule has 3 N–H and O–H groups in total. The molecule has 0 aliphatic heterocycles. The van der Waals surface area contributed by atoms with Gasteiger partial charge in [0, 0.05) is 18.3 Å². The fourth-order valence-corrected chi connectivity index (χ4v) is 1.34. The molecule has 0 unspecified atom stereocenters. The summed E-state index contributed by atoms with van der Waals surface area (Å²) in [6.45, 7) is -0.0175. The quantitative estimate of drug-likeness (QED) is 0.771. The summed E-state index contributed by atoms with van der Waals surface area (Å²) in [5.74, 6) is -1.35. The number of ether oxygens (including phenoxy) is 1. The summed E-state index contributed by atoms with van der Waals surface area (Å²) in [6.07, 6.45) is -2.12. The number of hydrogen-bond acceptors (Lipinski definition) is 5. The van der Waals surface area contributed by atoms with Gasteiger partial charge in [-0.1, -0.05) is 0 Å². The molecule has 1 aromatic heterocycles. The van der Waals surface area contributed by atoms with Crippen molar-refractivity contribution in [3.8, 4) is 5.75 Å². The fraction of sp³-hybridized carbons (Fsp3) is 0.400. The molecule has 1 heterocycles. The van der Waals surface area contributed by atoms with E-state index >= 15 is 0 Å². The lowest BCUT2D eigenvalue weighted by atomic mass is 10.0. The average molecular weight is 246 g/mol. The number of esters is 1. The van der Waals surface area contributed by atoms with Crippen molar-refractivity contribution < 1.29 is 23.4 Å². The smallest absolute Gasteiger partial charge is 0.310 e. The standard InChI is InChI=1S/C10H12F2N2O3/c1-17-7(15)2-6-5(3-13)4-14-8(9(6)16)10(11)12/h4,10,16H,2-3,13H2,1H3. The van der Waals surface area contributed by atoms with Gasteiger partial charge in [0.05, 0.1) is 13.5 Å². The highest BCUT2D eigenvalue weighted by molar-refractivity contribution is 5.74. The summed E-state index contributed by atoms with van der Waals surface area (Å²) >= 11 is 0. The summed E-state index contributed by atoms with van der Waals surface area (Å²) in [6, 6.07) is 0. The summed E-state index contributed by atoms with van der Waals surface area (Å²) < 4.78 is 29.4. The monoisotopic (exact) mass is 246 g/mol. The van der Waals surface area contributed by atoms with Gasteiger partial charge in [0.2, 0.25) is 0 Å². The first-order chi connectivity index (χ1) is 8.01. The predicted octanol–water partition coefficient (Wildman–Crippen LogP) is 0.899. The zero-order chi connectivity index (χ0) is 13.0. The number of carbonyl (C=O) groups excluding carboxylic acids is 1. The molecule has 1 rings (SSSR count). The molecule has 0 aliphatic rings. The van der Waals surface area contributed by atoms with Crippen LogP contribution in [0.4, 0.5) is 8.78 Å². The van der Waals surface area contributed by atoms with Crippen LogP contribution in [0.5, 0.6) is 5.75 Å². The number of hydrogen-bond donors (Lipinski definition) is 2. The lowest BCUT2D eigenvalue weighted by Gasteiger charge is -2.11. The maximum atomic E-state index is 12.5. The number of nitrogens with zero attached hydrogens (tertiary/aromatic N) is 1. The lowest BCUT2D eigenvalue weighted by Crippen LogP contribution is -2.11. The van der Waals surface area contributed by atoms with E-state index in [4.69, 9.17) is 5.73 Å². The van der Waals surface area contributed by atoms with E-state index in [0.717, 1.165) is 13.3 Å². The van der Waals surface area contributed by atoms with Crippen LogP contribution in [0, 0.1) is 0 Å². The van der Waals surface area contributed by atoms with E-state index < -0.39 is 23.8 Å². The topological polar surface area (TPSA) is 85.4 Å². The van der Waals surface area contributed by atoms with Gasteiger partial charge in [-0.05, 0) is 5.56 Å². The number of alkyl halides is 2. The van der Waals surface area contributed by atoms with Gasteiger partial charge in [0.25, 0.3) is 6.43 Å². The first kappa shape index (κ1) is 13.3. The molecule has 94 valence electrons. The molecule has 0 bridgehead atoms. The van der Waals surface area contributed by atoms with Crippen LogP contribution >= 0.6 is 0 Å². The van der Waals surface area contributed by atoms with Crippen LogP contribution in [-0.2, 0) is 22.5 Å². The normalized spacial score (nSPS) is 10.6. The van der Waals surface area contributed by atoms with Gasteiger partial charge in [-0.2, -0.15) is 0 Å². The van der Waals surface area contributed by atoms with Crippen molar-refractivity contribution in [2.75, 3.05) is 7.11 Å². The maximum Gasteiger partial charge on any atom is 0.310 e. The molecule has 0 aromatic carbocycles. The van der Waals surface area contributed by atoms with Crippen LogP contribution in [0.15, 0.2) is 6.20 Å². The van der Waals surface area contributed by atoms with Crippen LogP contribution < -0.4 is 5.73 Å². The molecule has 0 radical (unpaired) electrons. The number of rotatable bonds is 4. The van der Waals surface area contributed by atoms with Crippen LogP contribution in [0.2, 0.25) is 0 Å². The number of aromatic nitrogens is 1. The molecule has 0 amide bonds. The number of halogens is 2. The Morgan fingerprint density at radius 3 is 2.76 bits per heavy atom. The van der Waals surface area contributed by atoms with Crippen molar-refractivity contribution in [1.29, 1.82) is 0 Å². The van der Waals surface area contributed by atoms with Crippen molar-refractivity contribution in [2.24, 2.45) is 5.73 Å². The zero-order valence-electron chi connectivity index (χ0n) is 9.11. The van der Waals surface area contributed by atoms with E-state index in [2.05, 4.69) is 9.72 Å². The number of pyridine rings is 1. The minimum Gasteiger partial charge on any atom is -0.505 e. The molecule has 7 heteroatoms. The van der Waals surface area contributed by atoms with Gasteiger partial charge in [-0.3, -0.25) is 9.78 Å². The third-order valence-corrected chi connectivity index (χ3v) is 2.25. The Morgan fingerprint density at radius 1 is 1.65 bits per heavy atom. The Labute approximate surface area is 96.2 Å². The maximum absolute atomic E-state index is 12.5. The molecule has 0 saturated heterocycles. The first-order valence-corrected chi connectivity index (χ1v) is 4.75. The van der Waals surface area contributed by atoms with Crippen LogP contribution in [0.25, 0.3) is 0 Å². The molecular formula is C10H12F2N2O3. The average Bonchev–Trinajstić information content (AvgIpc) is 2.30. The van der Waals surface area contributed by atoms with Crippen molar-refractivity contribution in [3.05, 3.63) is 23.0 Å². The van der Waals surface area contributed by atoms with Crippen LogP contribution in [0.1, 0.15) is 23.2 Å². The van der Waals surface area contributed by atoms with Crippen molar-refractivity contribution >= 4 is 5.97 Å². The highest BCUT2D eigenvalue weighted by Crippen LogP contribution is 2.31. The second-order valence-electron chi connectivity index (χ2n) is 3.25. The summed E-state index contributed by atoms with van der Waals surface area (Å²) in [7, 11) is 1.16. The Kier molecular flexibility index (Phi) is 4.33. The van der Waals surface area contributed by atoms with Gasteiger partial charge in [0.15, 0.2) is 0 Å². The number of nitrogens with two attached hydrogens (primary N) is 1. The molecule has 0 fully saturated rings. The van der Waals surface area contributed by atoms with E-state index in [9.17, 15) is 18.7 Å². The van der Waals surface area contributed by atoms with Gasteiger partial charge in [0.1, 0.15) is 11.4 Å². The second kappa shape index (κ2) is 5.53. The van der Waals surface area contributed by atoms with E-state index in [1.54, 1.807) is 0 Å². The molecule has 0 aliphatic carbocycles. The fourth-order valence-electron chi connectivity index (χ4n) is 1.34. The summed E-state index contributed by atoms with van der Waals surface area (Å²) in [5, 5.41) is 9.61. The van der Waals surface area contributed by atoms with Gasteiger partial charge in [-0.15, -0.1) is 0 Å².